The zero-order chi connectivity index (χ0) is 10.2. The lowest BCUT2D eigenvalue weighted by atomic mass is 9.81. The molecule has 2 rings (SSSR count). The van der Waals surface area contributed by atoms with Crippen molar-refractivity contribution < 1.29 is 4.74 Å². The van der Waals surface area contributed by atoms with Crippen molar-refractivity contribution in [2.24, 2.45) is 11.3 Å². The fraction of sp³-hybridized carbons (Fsp3) is 1.00. The molecule has 3 atom stereocenters. The van der Waals surface area contributed by atoms with Crippen molar-refractivity contribution in [3.63, 3.8) is 0 Å². The molecular formula is C12H21ClO. The summed E-state index contributed by atoms with van der Waals surface area (Å²) in [4.78, 5) is 0. The van der Waals surface area contributed by atoms with Crippen molar-refractivity contribution in [1.82, 2.24) is 0 Å². The zero-order valence-electron chi connectivity index (χ0n) is 9.26. The van der Waals surface area contributed by atoms with Gasteiger partial charge in [0.2, 0.25) is 0 Å². The summed E-state index contributed by atoms with van der Waals surface area (Å²) < 4.78 is 5.88. The Kier molecular flexibility index (Phi) is 3.09. The number of hydrogen-bond donors (Lipinski definition) is 0. The van der Waals surface area contributed by atoms with Crippen molar-refractivity contribution in [3.05, 3.63) is 0 Å². The van der Waals surface area contributed by atoms with Crippen LogP contribution in [0.15, 0.2) is 0 Å². The number of alkyl halides is 1. The molecule has 0 aromatic heterocycles. The van der Waals surface area contributed by atoms with Crippen LogP contribution in [0.1, 0.15) is 46.0 Å². The van der Waals surface area contributed by atoms with Crippen LogP contribution in [-0.4, -0.2) is 18.1 Å². The Bertz CT molecular complexity index is 202. The summed E-state index contributed by atoms with van der Waals surface area (Å²) >= 11 is 6.10. The maximum absolute atomic E-state index is 6.10. The van der Waals surface area contributed by atoms with E-state index < -0.39 is 0 Å². The Hall–Kier alpha value is 0.250. The van der Waals surface area contributed by atoms with Crippen LogP contribution in [0.3, 0.4) is 0 Å². The van der Waals surface area contributed by atoms with E-state index in [1.54, 1.807) is 0 Å². The molecule has 1 aliphatic heterocycles. The molecule has 0 amide bonds. The SMILES string of the molecule is CC1CCC(CC(C)(CCl)C2CC2)O1. The van der Waals surface area contributed by atoms with E-state index in [9.17, 15) is 0 Å². The zero-order valence-corrected chi connectivity index (χ0v) is 10.0. The molecule has 1 heterocycles. The van der Waals surface area contributed by atoms with Crippen LogP contribution in [0.4, 0.5) is 0 Å². The molecule has 0 aromatic carbocycles. The number of hydrogen-bond acceptors (Lipinski definition) is 1. The third-order valence-corrected chi connectivity index (χ3v) is 4.49. The average molecular weight is 217 g/mol. The quantitative estimate of drug-likeness (QED) is 0.653. The summed E-state index contributed by atoms with van der Waals surface area (Å²) in [6.07, 6.45) is 7.35. The molecule has 0 N–H and O–H groups in total. The van der Waals surface area contributed by atoms with Gasteiger partial charge in [-0.05, 0) is 50.4 Å². The highest BCUT2D eigenvalue weighted by molar-refractivity contribution is 6.18. The number of rotatable bonds is 4. The van der Waals surface area contributed by atoms with Crippen LogP contribution in [-0.2, 0) is 4.74 Å². The standard InChI is InChI=1S/C12H21ClO/c1-9-3-6-11(14-9)7-12(2,8-13)10-4-5-10/h9-11H,3-8H2,1-2H3. The number of halogens is 1. The first kappa shape index (κ1) is 10.8. The number of ether oxygens (including phenoxy) is 1. The van der Waals surface area contributed by atoms with Gasteiger partial charge in [-0.15, -0.1) is 11.6 Å². The molecule has 1 saturated heterocycles. The molecule has 2 aliphatic rings. The van der Waals surface area contributed by atoms with Gasteiger partial charge in [0.15, 0.2) is 0 Å². The minimum Gasteiger partial charge on any atom is -0.375 e. The van der Waals surface area contributed by atoms with Gasteiger partial charge in [-0.3, -0.25) is 0 Å². The van der Waals surface area contributed by atoms with Gasteiger partial charge < -0.3 is 4.74 Å². The highest BCUT2D eigenvalue weighted by atomic mass is 35.5. The highest BCUT2D eigenvalue weighted by Gasteiger charge is 2.43. The van der Waals surface area contributed by atoms with E-state index in [0.717, 1.165) is 11.8 Å². The van der Waals surface area contributed by atoms with Gasteiger partial charge in [0.1, 0.15) is 0 Å². The molecule has 1 aliphatic carbocycles. The Morgan fingerprint density at radius 1 is 1.29 bits per heavy atom. The molecule has 82 valence electrons. The molecule has 1 nitrogen and oxygen atoms in total. The Morgan fingerprint density at radius 2 is 2.00 bits per heavy atom. The summed E-state index contributed by atoms with van der Waals surface area (Å²) in [5.74, 6) is 1.67. The lowest BCUT2D eigenvalue weighted by molar-refractivity contribution is 0.0249. The monoisotopic (exact) mass is 216 g/mol. The van der Waals surface area contributed by atoms with Crippen molar-refractivity contribution in [3.8, 4) is 0 Å². The topological polar surface area (TPSA) is 9.23 Å². The fourth-order valence-corrected chi connectivity index (χ4v) is 2.99. The summed E-state index contributed by atoms with van der Waals surface area (Å²) in [5.41, 5.74) is 0.344. The molecule has 2 fully saturated rings. The summed E-state index contributed by atoms with van der Waals surface area (Å²) in [6, 6.07) is 0. The van der Waals surface area contributed by atoms with Crippen LogP contribution < -0.4 is 0 Å². The normalized spacial score (nSPS) is 37.1. The lowest BCUT2D eigenvalue weighted by Crippen LogP contribution is -2.27. The molecule has 3 unspecified atom stereocenters. The van der Waals surface area contributed by atoms with Gasteiger partial charge in [-0.1, -0.05) is 6.92 Å². The van der Waals surface area contributed by atoms with Crippen LogP contribution in [0.5, 0.6) is 0 Å². The largest absolute Gasteiger partial charge is 0.375 e. The third kappa shape index (κ3) is 2.25. The summed E-state index contributed by atoms with van der Waals surface area (Å²) in [6.45, 7) is 4.51. The van der Waals surface area contributed by atoms with Crippen molar-refractivity contribution >= 4 is 11.6 Å². The second-order valence-corrected chi connectivity index (χ2v) is 5.68. The van der Waals surface area contributed by atoms with Crippen LogP contribution in [0.2, 0.25) is 0 Å². The van der Waals surface area contributed by atoms with Crippen LogP contribution in [0.25, 0.3) is 0 Å². The Morgan fingerprint density at radius 3 is 2.43 bits per heavy atom. The second kappa shape index (κ2) is 4.02. The second-order valence-electron chi connectivity index (χ2n) is 5.41. The van der Waals surface area contributed by atoms with Crippen molar-refractivity contribution in [1.29, 1.82) is 0 Å². The first-order valence-corrected chi connectivity index (χ1v) is 6.39. The highest BCUT2D eigenvalue weighted by Crippen LogP contribution is 2.50. The van der Waals surface area contributed by atoms with E-state index in [-0.39, 0.29) is 0 Å². The Balaban J connectivity index is 1.87. The van der Waals surface area contributed by atoms with Gasteiger partial charge in [0.25, 0.3) is 0 Å². The molecule has 0 spiro atoms. The van der Waals surface area contributed by atoms with Gasteiger partial charge >= 0.3 is 0 Å². The van der Waals surface area contributed by atoms with Crippen LogP contribution in [0, 0.1) is 11.3 Å². The maximum Gasteiger partial charge on any atom is 0.0585 e. The van der Waals surface area contributed by atoms with Gasteiger partial charge in [0.05, 0.1) is 12.2 Å². The molecular weight excluding hydrogens is 196 g/mol. The molecule has 1 saturated carbocycles. The van der Waals surface area contributed by atoms with Crippen molar-refractivity contribution in [2.75, 3.05) is 5.88 Å². The lowest BCUT2D eigenvalue weighted by Gasteiger charge is -2.30. The molecule has 14 heavy (non-hydrogen) atoms. The van der Waals surface area contributed by atoms with E-state index in [0.29, 0.717) is 17.6 Å². The maximum atomic E-state index is 6.10. The average Bonchev–Trinajstić information content (AvgIpc) is 2.93. The van der Waals surface area contributed by atoms with Gasteiger partial charge in [-0.2, -0.15) is 0 Å². The van der Waals surface area contributed by atoms with Gasteiger partial charge in [0, 0.05) is 5.88 Å². The predicted molar refractivity (Wildman–Crippen MR) is 59.7 cm³/mol. The first-order valence-electron chi connectivity index (χ1n) is 5.85. The Labute approximate surface area is 92.2 Å². The van der Waals surface area contributed by atoms with Gasteiger partial charge in [-0.25, -0.2) is 0 Å². The van der Waals surface area contributed by atoms with E-state index in [4.69, 9.17) is 16.3 Å². The van der Waals surface area contributed by atoms with E-state index in [1.807, 2.05) is 0 Å². The molecule has 0 bridgehead atoms. The molecule has 2 heteroatoms. The predicted octanol–water partition coefficient (Wildman–Crippen LogP) is 3.60. The first-order chi connectivity index (χ1) is 6.64. The van der Waals surface area contributed by atoms with Crippen LogP contribution >= 0.6 is 11.6 Å². The third-order valence-electron chi connectivity index (χ3n) is 3.88. The molecule has 0 aromatic rings. The summed E-state index contributed by atoms with van der Waals surface area (Å²) in [7, 11) is 0. The molecule has 0 radical (unpaired) electrons. The van der Waals surface area contributed by atoms with E-state index >= 15 is 0 Å². The fourth-order valence-electron chi connectivity index (χ4n) is 2.67. The van der Waals surface area contributed by atoms with E-state index in [2.05, 4.69) is 13.8 Å². The minimum atomic E-state index is 0.344. The smallest absolute Gasteiger partial charge is 0.0585 e. The van der Waals surface area contributed by atoms with Crippen molar-refractivity contribution in [2.45, 2.75) is 58.2 Å². The minimum absolute atomic E-state index is 0.344. The summed E-state index contributed by atoms with van der Waals surface area (Å²) in [5, 5.41) is 0. The van der Waals surface area contributed by atoms with E-state index in [1.165, 1.54) is 32.1 Å².